The van der Waals surface area contributed by atoms with Crippen molar-refractivity contribution in [2.45, 2.75) is 110 Å². The molecule has 0 aromatic carbocycles. The van der Waals surface area contributed by atoms with Gasteiger partial charge in [0.15, 0.2) is 0 Å². The van der Waals surface area contributed by atoms with Crippen LogP contribution in [0.25, 0.3) is 0 Å². The maximum absolute atomic E-state index is 11.7. The van der Waals surface area contributed by atoms with Gasteiger partial charge >= 0.3 is 5.97 Å². The molecule has 0 fully saturated rings. The molecule has 0 aromatic rings. The molecule has 0 saturated heterocycles. The standard InChI is InChI=1S/C21H42N2O3/c1-3-5-7-9-11-13-17-23(18-14-12-10-8-6-4-2)19(21(25)26)15-16-20(22)24/h19H,3-18H2,1-2H3,(H2,22,24)(H,25,26)/t19-/m0/s1. The number of aliphatic carboxylic acids is 1. The Morgan fingerprint density at radius 3 is 1.62 bits per heavy atom. The Bertz CT molecular complexity index is 345. The fourth-order valence-electron chi connectivity index (χ4n) is 3.36. The molecule has 3 N–H and O–H groups in total. The van der Waals surface area contributed by atoms with Gasteiger partial charge in [-0.1, -0.05) is 78.1 Å². The molecule has 0 radical (unpaired) electrons. The smallest absolute Gasteiger partial charge is 0.320 e. The van der Waals surface area contributed by atoms with Crippen LogP contribution in [0.1, 0.15) is 104 Å². The lowest BCUT2D eigenvalue weighted by Gasteiger charge is -2.29. The number of carboxylic acids is 1. The van der Waals surface area contributed by atoms with E-state index in [4.69, 9.17) is 5.73 Å². The van der Waals surface area contributed by atoms with E-state index in [9.17, 15) is 14.7 Å². The van der Waals surface area contributed by atoms with Gasteiger partial charge in [0.1, 0.15) is 6.04 Å². The average molecular weight is 371 g/mol. The Morgan fingerprint density at radius 1 is 0.808 bits per heavy atom. The summed E-state index contributed by atoms with van der Waals surface area (Å²) in [5.74, 6) is -1.25. The Morgan fingerprint density at radius 2 is 1.23 bits per heavy atom. The van der Waals surface area contributed by atoms with Gasteiger partial charge in [0.05, 0.1) is 0 Å². The molecule has 26 heavy (non-hydrogen) atoms. The van der Waals surface area contributed by atoms with Crippen molar-refractivity contribution in [2.75, 3.05) is 13.1 Å². The second-order valence-corrected chi connectivity index (χ2v) is 7.43. The van der Waals surface area contributed by atoms with E-state index in [-0.39, 0.29) is 6.42 Å². The fourth-order valence-corrected chi connectivity index (χ4v) is 3.36. The minimum atomic E-state index is -0.830. The van der Waals surface area contributed by atoms with Crippen LogP contribution < -0.4 is 5.73 Å². The highest BCUT2D eigenvalue weighted by atomic mass is 16.4. The van der Waals surface area contributed by atoms with Gasteiger partial charge in [-0.3, -0.25) is 14.5 Å². The molecule has 0 bridgehead atoms. The van der Waals surface area contributed by atoms with Crippen LogP contribution in [-0.4, -0.2) is 41.0 Å². The molecule has 0 aliphatic carbocycles. The highest BCUT2D eigenvalue weighted by Crippen LogP contribution is 2.14. The first-order chi connectivity index (χ1) is 12.5. The maximum atomic E-state index is 11.7. The Hall–Kier alpha value is -1.10. The number of primary amides is 1. The molecular weight excluding hydrogens is 328 g/mol. The van der Waals surface area contributed by atoms with Crippen LogP contribution in [0.15, 0.2) is 0 Å². The van der Waals surface area contributed by atoms with E-state index in [0.29, 0.717) is 6.42 Å². The van der Waals surface area contributed by atoms with E-state index in [1.54, 1.807) is 0 Å². The molecule has 5 heteroatoms. The number of hydrogen-bond acceptors (Lipinski definition) is 3. The quantitative estimate of drug-likeness (QED) is 0.322. The summed E-state index contributed by atoms with van der Waals surface area (Å²) in [4.78, 5) is 24.9. The average Bonchev–Trinajstić information content (AvgIpc) is 2.59. The number of nitrogens with two attached hydrogens (primary N) is 1. The molecule has 0 rings (SSSR count). The van der Waals surface area contributed by atoms with E-state index in [2.05, 4.69) is 18.7 Å². The van der Waals surface area contributed by atoms with Gasteiger partial charge in [-0.15, -0.1) is 0 Å². The van der Waals surface area contributed by atoms with Crippen LogP contribution >= 0.6 is 0 Å². The third-order valence-electron chi connectivity index (χ3n) is 4.99. The zero-order chi connectivity index (χ0) is 19.6. The van der Waals surface area contributed by atoms with E-state index in [1.165, 1.54) is 51.4 Å². The number of carboxylic acid groups (broad SMARTS) is 1. The third kappa shape index (κ3) is 14.1. The van der Waals surface area contributed by atoms with Crippen molar-refractivity contribution < 1.29 is 14.7 Å². The zero-order valence-electron chi connectivity index (χ0n) is 17.2. The van der Waals surface area contributed by atoms with Crippen molar-refractivity contribution in [2.24, 2.45) is 5.73 Å². The first-order valence-corrected chi connectivity index (χ1v) is 10.8. The molecule has 5 nitrogen and oxygen atoms in total. The van der Waals surface area contributed by atoms with Crippen molar-refractivity contribution in [3.8, 4) is 0 Å². The molecular formula is C21H42N2O3. The summed E-state index contributed by atoms with van der Waals surface area (Å²) in [5.41, 5.74) is 5.23. The van der Waals surface area contributed by atoms with Crippen LogP contribution in [0.2, 0.25) is 0 Å². The fraction of sp³-hybridized carbons (Fsp3) is 0.905. The van der Waals surface area contributed by atoms with Gasteiger partial charge in [0, 0.05) is 6.42 Å². The van der Waals surface area contributed by atoms with Crippen molar-refractivity contribution in [3.05, 3.63) is 0 Å². The van der Waals surface area contributed by atoms with Gasteiger partial charge in [-0.05, 0) is 32.4 Å². The first kappa shape index (κ1) is 24.9. The van der Waals surface area contributed by atoms with Crippen molar-refractivity contribution in [1.82, 2.24) is 4.90 Å². The number of amides is 1. The normalized spacial score (nSPS) is 12.4. The Labute approximate surface area is 160 Å². The van der Waals surface area contributed by atoms with Crippen molar-refractivity contribution in [3.63, 3.8) is 0 Å². The summed E-state index contributed by atoms with van der Waals surface area (Å²) in [7, 11) is 0. The second kappa shape index (κ2) is 17.3. The van der Waals surface area contributed by atoms with Crippen molar-refractivity contribution in [1.29, 1.82) is 0 Å². The SMILES string of the molecule is CCCCCCCCN(CCCCCCCC)[C@@H](CCC(N)=O)C(=O)O. The molecule has 1 amide bonds. The number of carbonyl (C=O) groups is 2. The van der Waals surface area contributed by atoms with Crippen LogP contribution in [0.3, 0.4) is 0 Å². The first-order valence-electron chi connectivity index (χ1n) is 10.8. The number of carbonyl (C=O) groups excluding carboxylic acids is 1. The van der Waals surface area contributed by atoms with E-state index < -0.39 is 17.9 Å². The minimum Gasteiger partial charge on any atom is -0.480 e. The van der Waals surface area contributed by atoms with Gasteiger partial charge in [-0.25, -0.2) is 0 Å². The highest BCUT2D eigenvalue weighted by Gasteiger charge is 2.25. The van der Waals surface area contributed by atoms with Gasteiger partial charge < -0.3 is 10.8 Å². The lowest BCUT2D eigenvalue weighted by molar-refractivity contribution is -0.143. The number of nitrogens with zero attached hydrogens (tertiary/aromatic N) is 1. The molecule has 0 heterocycles. The van der Waals surface area contributed by atoms with Crippen LogP contribution in [-0.2, 0) is 9.59 Å². The predicted octanol–water partition coefficient (Wildman–Crippen LogP) is 4.73. The lowest BCUT2D eigenvalue weighted by Crippen LogP contribution is -2.43. The van der Waals surface area contributed by atoms with Crippen LogP contribution in [0, 0.1) is 0 Å². The summed E-state index contributed by atoms with van der Waals surface area (Å²) >= 11 is 0. The number of hydrogen-bond donors (Lipinski definition) is 2. The monoisotopic (exact) mass is 370 g/mol. The summed E-state index contributed by atoms with van der Waals surface area (Å²) in [5, 5.41) is 9.61. The molecule has 0 aliphatic rings. The highest BCUT2D eigenvalue weighted by molar-refractivity contribution is 5.77. The van der Waals surface area contributed by atoms with E-state index in [1.807, 2.05) is 0 Å². The molecule has 0 aromatic heterocycles. The maximum Gasteiger partial charge on any atom is 0.320 e. The molecule has 0 spiro atoms. The second-order valence-electron chi connectivity index (χ2n) is 7.43. The largest absolute Gasteiger partial charge is 0.480 e. The topological polar surface area (TPSA) is 83.6 Å². The zero-order valence-corrected chi connectivity index (χ0v) is 17.2. The molecule has 154 valence electrons. The summed E-state index contributed by atoms with van der Waals surface area (Å²) in [6, 6.07) is -0.589. The molecule has 0 saturated carbocycles. The van der Waals surface area contributed by atoms with Crippen molar-refractivity contribution >= 4 is 11.9 Å². The summed E-state index contributed by atoms with van der Waals surface area (Å²) in [6.45, 7) is 6.02. The Balaban J connectivity index is 4.42. The molecule has 0 unspecified atom stereocenters. The molecule has 0 aliphatic heterocycles. The molecule has 1 atom stereocenters. The number of unbranched alkanes of at least 4 members (excludes halogenated alkanes) is 10. The minimum absolute atomic E-state index is 0.139. The van der Waals surface area contributed by atoms with Gasteiger partial charge in [-0.2, -0.15) is 0 Å². The van der Waals surface area contributed by atoms with Gasteiger partial charge in [0.2, 0.25) is 5.91 Å². The van der Waals surface area contributed by atoms with Crippen LogP contribution in [0.4, 0.5) is 0 Å². The number of rotatable bonds is 19. The van der Waals surface area contributed by atoms with Gasteiger partial charge in [0.25, 0.3) is 0 Å². The summed E-state index contributed by atoms with van der Waals surface area (Å²) in [6.07, 6.45) is 14.8. The predicted molar refractivity (Wildman–Crippen MR) is 108 cm³/mol. The lowest BCUT2D eigenvalue weighted by atomic mass is 10.1. The third-order valence-corrected chi connectivity index (χ3v) is 4.99. The van der Waals surface area contributed by atoms with E-state index in [0.717, 1.165) is 38.8 Å². The summed E-state index contributed by atoms with van der Waals surface area (Å²) < 4.78 is 0. The Kier molecular flexibility index (Phi) is 16.6. The van der Waals surface area contributed by atoms with E-state index >= 15 is 0 Å². The van der Waals surface area contributed by atoms with Crippen LogP contribution in [0.5, 0.6) is 0 Å².